The molecule has 0 N–H and O–H groups in total. The van der Waals surface area contributed by atoms with Gasteiger partial charge in [0.25, 0.3) is 0 Å². The van der Waals surface area contributed by atoms with Crippen LogP contribution in [0.15, 0.2) is 173 Å². The Morgan fingerprint density at radius 2 is 0.942 bits per heavy atom. The van der Waals surface area contributed by atoms with Gasteiger partial charge in [0.2, 0.25) is 0 Å². The highest BCUT2D eigenvalue weighted by Gasteiger charge is 2.19. The third-order valence-corrected chi connectivity index (χ3v) is 10.1. The van der Waals surface area contributed by atoms with Crippen molar-refractivity contribution in [3.63, 3.8) is 0 Å². The van der Waals surface area contributed by atoms with Crippen LogP contribution in [0.3, 0.4) is 0 Å². The van der Waals surface area contributed by atoms with Crippen LogP contribution in [0.5, 0.6) is 0 Å². The van der Waals surface area contributed by atoms with Gasteiger partial charge in [-0.3, -0.25) is 0 Å². The number of para-hydroxylation sites is 1. The SMILES string of the molecule is c1ccc(-c2nc(-c3ccc4cc5c(cc4c3)oc3ccccc35)nc(-c3cccc4oc5cc(-c6ccc7ccccc7c6)ccc5c34)n2)cc1. The van der Waals surface area contributed by atoms with E-state index >= 15 is 0 Å². The second-order valence-electron chi connectivity index (χ2n) is 13.2. The van der Waals surface area contributed by atoms with Crippen molar-refractivity contribution in [2.75, 3.05) is 0 Å². The van der Waals surface area contributed by atoms with Gasteiger partial charge in [0.15, 0.2) is 17.5 Å². The number of fused-ring (bicyclic) bond motifs is 8. The molecule has 5 nitrogen and oxygen atoms in total. The number of hydrogen-bond acceptors (Lipinski definition) is 5. The minimum atomic E-state index is 0.587. The van der Waals surface area contributed by atoms with Crippen LogP contribution >= 0.6 is 0 Å². The third-order valence-electron chi connectivity index (χ3n) is 10.1. The summed E-state index contributed by atoms with van der Waals surface area (Å²) in [6.45, 7) is 0. The van der Waals surface area contributed by atoms with Gasteiger partial charge in [0, 0.05) is 38.2 Å². The number of hydrogen-bond donors (Lipinski definition) is 0. The summed E-state index contributed by atoms with van der Waals surface area (Å²) in [7, 11) is 0. The van der Waals surface area contributed by atoms with Crippen molar-refractivity contribution in [1.82, 2.24) is 15.0 Å². The van der Waals surface area contributed by atoms with Crippen molar-refractivity contribution < 1.29 is 8.83 Å². The maximum atomic E-state index is 6.52. The summed E-state index contributed by atoms with van der Waals surface area (Å²) >= 11 is 0. The van der Waals surface area contributed by atoms with E-state index in [0.717, 1.165) is 82.5 Å². The number of benzene rings is 8. The van der Waals surface area contributed by atoms with E-state index in [1.165, 1.54) is 10.8 Å². The van der Waals surface area contributed by atoms with Gasteiger partial charge < -0.3 is 8.83 Å². The van der Waals surface area contributed by atoms with Crippen molar-refractivity contribution >= 4 is 65.4 Å². The molecule has 0 radical (unpaired) electrons. The van der Waals surface area contributed by atoms with Gasteiger partial charge in [0.1, 0.15) is 22.3 Å². The fourth-order valence-electron chi connectivity index (χ4n) is 7.51. The highest BCUT2D eigenvalue weighted by molar-refractivity contribution is 6.13. The molecular weight excluding hydrogens is 639 g/mol. The number of nitrogens with zero attached hydrogens (tertiary/aromatic N) is 3. The molecule has 0 aliphatic heterocycles. The van der Waals surface area contributed by atoms with Gasteiger partial charge in [-0.05, 0) is 81.2 Å². The van der Waals surface area contributed by atoms with Crippen molar-refractivity contribution in [2.24, 2.45) is 0 Å². The summed E-state index contributed by atoms with van der Waals surface area (Å²) in [6, 6.07) is 56.4. The maximum absolute atomic E-state index is 6.52. The van der Waals surface area contributed by atoms with Gasteiger partial charge in [-0.2, -0.15) is 0 Å². The molecule has 11 aromatic rings. The largest absolute Gasteiger partial charge is 0.456 e. The van der Waals surface area contributed by atoms with Crippen LogP contribution in [-0.2, 0) is 0 Å². The maximum Gasteiger partial charge on any atom is 0.164 e. The van der Waals surface area contributed by atoms with E-state index in [-0.39, 0.29) is 0 Å². The van der Waals surface area contributed by atoms with Gasteiger partial charge in [-0.25, -0.2) is 15.0 Å². The zero-order valence-corrected chi connectivity index (χ0v) is 27.7. The first-order chi connectivity index (χ1) is 25.7. The molecule has 0 amide bonds. The highest BCUT2D eigenvalue weighted by Crippen LogP contribution is 2.39. The lowest BCUT2D eigenvalue weighted by atomic mass is 9.99. The van der Waals surface area contributed by atoms with E-state index in [1.54, 1.807) is 0 Å². The van der Waals surface area contributed by atoms with E-state index in [9.17, 15) is 0 Å². The fraction of sp³-hybridized carbons (Fsp3) is 0. The first-order valence-corrected chi connectivity index (χ1v) is 17.3. The lowest BCUT2D eigenvalue weighted by molar-refractivity contribution is 0.669. The van der Waals surface area contributed by atoms with Crippen LogP contribution < -0.4 is 0 Å². The second-order valence-corrected chi connectivity index (χ2v) is 13.2. The summed E-state index contributed by atoms with van der Waals surface area (Å²) in [6.07, 6.45) is 0. The summed E-state index contributed by atoms with van der Waals surface area (Å²) < 4.78 is 12.7. The Hall–Kier alpha value is -7.11. The summed E-state index contributed by atoms with van der Waals surface area (Å²) in [5.74, 6) is 1.79. The summed E-state index contributed by atoms with van der Waals surface area (Å²) in [5.41, 5.74) is 8.29. The van der Waals surface area contributed by atoms with Crippen molar-refractivity contribution in [1.29, 1.82) is 0 Å². The summed E-state index contributed by atoms with van der Waals surface area (Å²) in [4.78, 5) is 15.3. The Labute approximate surface area is 297 Å². The second kappa shape index (κ2) is 11.2. The predicted octanol–water partition coefficient (Wildman–Crippen LogP) is 12.6. The smallest absolute Gasteiger partial charge is 0.164 e. The molecular formula is C47H27N3O2. The highest BCUT2D eigenvalue weighted by atomic mass is 16.3. The van der Waals surface area contributed by atoms with Gasteiger partial charge >= 0.3 is 0 Å². The third kappa shape index (κ3) is 4.60. The van der Waals surface area contributed by atoms with Crippen LogP contribution in [0.2, 0.25) is 0 Å². The monoisotopic (exact) mass is 665 g/mol. The fourth-order valence-corrected chi connectivity index (χ4v) is 7.51. The minimum Gasteiger partial charge on any atom is -0.456 e. The van der Waals surface area contributed by atoms with E-state index in [4.69, 9.17) is 23.8 Å². The molecule has 242 valence electrons. The molecule has 0 spiro atoms. The number of furan rings is 2. The van der Waals surface area contributed by atoms with E-state index in [2.05, 4.69) is 103 Å². The zero-order chi connectivity index (χ0) is 34.2. The molecule has 0 saturated carbocycles. The molecule has 5 heteroatoms. The van der Waals surface area contributed by atoms with Gasteiger partial charge in [-0.1, -0.05) is 115 Å². The first kappa shape index (κ1) is 28.7. The molecule has 3 aromatic heterocycles. The Morgan fingerprint density at radius 1 is 0.308 bits per heavy atom. The normalized spacial score (nSPS) is 11.8. The Bertz CT molecular complexity index is 3190. The molecule has 0 bridgehead atoms. The average molecular weight is 666 g/mol. The molecule has 8 aromatic carbocycles. The van der Waals surface area contributed by atoms with Crippen LogP contribution in [0.25, 0.3) is 111 Å². The summed E-state index contributed by atoms with van der Waals surface area (Å²) in [5, 5.41) is 8.82. The Balaban J connectivity index is 1.07. The number of aromatic nitrogens is 3. The van der Waals surface area contributed by atoms with Gasteiger partial charge in [0.05, 0.1) is 0 Å². The topological polar surface area (TPSA) is 65.0 Å². The van der Waals surface area contributed by atoms with Crippen molar-refractivity contribution in [3.8, 4) is 45.3 Å². The molecule has 11 rings (SSSR count). The quantitative estimate of drug-likeness (QED) is 0.187. The first-order valence-electron chi connectivity index (χ1n) is 17.3. The van der Waals surface area contributed by atoms with Crippen LogP contribution in [0, 0.1) is 0 Å². The van der Waals surface area contributed by atoms with Crippen molar-refractivity contribution in [2.45, 2.75) is 0 Å². The number of rotatable bonds is 4. The molecule has 52 heavy (non-hydrogen) atoms. The lowest BCUT2D eigenvalue weighted by Gasteiger charge is -2.10. The van der Waals surface area contributed by atoms with Gasteiger partial charge in [-0.15, -0.1) is 0 Å². The van der Waals surface area contributed by atoms with E-state index in [0.29, 0.717) is 17.5 Å². The molecule has 0 fully saturated rings. The van der Waals surface area contributed by atoms with Crippen molar-refractivity contribution in [3.05, 3.63) is 164 Å². The molecule has 0 unspecified atom stereocenters. The Kier molecular flexibility index (Phi) is 6.18. The Morgan fingerprint density at radius 3 is 1.87 bits per heavy atom. The molecule has 0 atom stereocenters. The zero-order valence-electron chi connectivity index (χ0n) is 27.7. The molecule has 0 saturated heterocycles. The predicted molar refractivity (Wildman–Crippen MR) is 211 cm³/mol. The minimum absolute atomic E-state index is 0.587. The lowest BCUT2D eigenvalue weighted by Crippen LogP contribution is -2.00. The molecule has 0 aliphatic rings. The van der Waals surface area contributed by atoms with E-state index < -0.39 is 0 Å². The standard InChI is InChI=1S/C47H27N3O2/c1-2-10-29(11-3-1)45-48-46(34-20-19-32-25-39-36-13-6-7-15-40(36)51-43(39)27-35(32)24-34)50-47(49-45)38-14-8-16-41-44(38)37-22-21-33(26-42(37)52-41)31-18-17-28-9-4-5-12-30(28)23-31/h1-27H. The van der Waals surface area contributed by atoms with Crippen LogP contribution in [0.4, 0.5) is 0 Å². The molecule has 0 aliphatic carbocycles. The van der Waals surface area contributed by atoms with Crippen LogP contribution in [0.1, 0.15) is 0 Å². The van der Waals surface area contributed by atoms with Crippen LogP contribution in [-0.4, -0.2) is 15.0 Å². The average Bonchev–Trinajstić information content (AvgIpc) is 3.77. The van der Waals surface area contributed by atoms with E-state index in [1.807, 2.05) is 60.7 Å². The molecule has 3 heterocycles.